The van der Waals surface area contributed by atoms with Gasteiger partial charge in [-0.15, -0.1) is 0 Å². The highest BCUT2D eigenvalue weighted by molar-refractivity contribution is 4.74. The van der Waals surface area contributed by atoms with Crippen molar-refractivity contribution in [2.45, 2.75) is 97.8 Å². The van der Waals surface area contributed by atoms with Crippen LogP contribution in [0.1, 0.15) is 97.8 Å². The van der Waals surface area contributed by atoms with Gasteiger partial charge in [-0.1, -0.05) is 78.6 Å². The van der Waals surface area contributed by atoms with E-state index in [1.54, 1.807) is 0 Å². The van der Waals surface area contributed by atoms with Crippen LogP contribution < -0.4 is 0 Å². The van der Waals surface area contributed by atoms with Gasteiger partial charge in [-0.2, -0.15) is 0 Å². The minimum absolute atomic E-state index is 0.00150. The first kappa shape index (κ1) is 20.9. The Balaban J connectivity index is 3.29. The fourth-order valence-electron chi connectivity index (χ4n) is 2.70. The van der Waals surface area contributed by atoms with E-state index < -0.39 is 0 Å². The number of rotatable bonds is 16. The van der Waals surface area contributed by atoms with Gasteiger partial charge in [0.2, 0.25) is 0 Å². The Morgan fingerprint density at radius 1 is 0.714 bits per heavy atom. The molecule has 0 unspecified atom stereocenters. The number of aliphatic hydroxyl groups excluding tert-OH is 1. The van der Waals surface area contributed by atoms with E-state index in [9.17, 15) is 5.11 Å². The smallest absolute Gasteiger partial charge is 0.0544 e. The molecule has 0 atom stereocenters. The monoisotopic (exact) mass is 300 g/mol. The van der Waals surface area contributed by atoms with Gasteiger partial charge in [-0.05, 0) is 19.3 Å². The summed E-state index contributed by atoms with van der Waals surface area (Å²) in [5, 5.41) is 9.47. The summed E-state index contributed by atoms with van der Waals surface area (Å²) in [5.41, 5.74) is -0.00150. The number of unbranched alkanes of at least 4 members (excludes halogenated alkanes) is 9. The molecule has 0 bridgehead atoms. The summed E-state index contributed by atoms with van der Waals surface area (Å²) in [5.74, 6) is 0. The van der Waals surface area contributed by atoms with E-state index in [0.717, 1.165) is 19.4 Å². The third-order valence-electron chi connectivity index (χ3n) is 4.89. The highest BCUT2D eigenvalue weighted by atomic mass is 16.5. The second-order valence-electron chi connectivity index (χ2n) is 6.60. The van der Waals surface area contributed by atoms with Gasteiger partial charge in [0.1, 0.15) is 0 Å². The van der Waals surface area contributed by atoms with Crippen molar-refractivity contribution in [3.63, 3.8) is 0 Å². The normalized spacial score (nSPS) is 12.0. The van der Waals surface area contributed by atoms with E-state index >= 15 is 0 Å². The zero-order chi connectivity index (χ0) is 15.8. The Labute approximate surface area is 133 Å². The van der Waals surface area contributed by atoms with Crippen molar-refractivity contribution in [2.75, 3.05) is 19.8 Å². The summed E-state index contributed by atoms with van der Waals surface area (Å²) in [4.78, 5) is 0. The molecule has 1 N–H and O–H groups in total. The number of ether oxygens (including phenoxy) is 1. The van der Waals surface area contributed by atoms with Gasteiger partial charge < -0.3 is 9.84 Å². The van der Waals surface area contributed by atoms with Crippen LogP contribution in [0.25, 0.3) is 0 Å². The van der Waals surface area contributed by atoms with E-state index in [0.29, 0.717) is 6.61 Å². The zero-order valence-corrected chi connectivity index (χ0v) is 15.0. The van der Waals surface area contributed by atoms with Crippen LogP contribution in [0.4, 0.5) is 0 Å². The largest absolute Gasteiger partial charge is 0.396 e. The Bertz CT molecular complexity index is 191. The van der Waals surface area contributed by atoms with Crippen LogP contribution in [0, 0.1) is 5.41 Å². The summed E-state index contributed by atoms with van der Waals surface area (Å²) < 4.78 is 5.78. The molecule has 0 amide bonds. The highest BCUT2D eigenvalue weighted by Gasteiger charge is 2.25. The van der Waals surface area contributed by atoms with Crippen LogP contribution in [0.3, 0.4) is 0 Å². The Kier molecular flexibility index (Phi) is 14.8. The predicted molar refractivity (Wildman–Crippen MR) is 92.8 cm³/mol. The molecule has 2 nitrogen and oxygen atoms in total. The molecule has 0 saturated carbocycles. The molecule has 0 saturated heterocycles. The molecule has 0 aromatic rings. The van der Waals surface area contributed by atoms with Crippen LogP contribution in [0.15, 0.2) is 0 Å². The topological polar surface area (TPSA) is 29.5 Å². The average Bonchev–Trinajstić information content (AvgIpc) is 2.53. The van der Waals surface area contributed by atoms with Crippen molar-refractivity contribution in [2.24, 2.45) is 5.41 Å². The van der Waals surface area contributed by atoms with Crippen molar-refractivity contribution in [3.05, 3.63) is 0 Å². The summed E-state index contributed by atoms with van der Waals surface area (Å²) in [7, 11) is 0. The van der Waals surface area contributed by atoms with E-state index in [4.69, 9.17) is 4.74 Å². The number of aliphatic hydroxyl groups is 1. The molecule has 0 aromatic carbocycles. The zero-order valence-electron chi connectivity index (χ0n) is 15.0. The molecule has 0 spiro atoms. The highest BCUT2D eigenvalue weighted by Crippen LogP contribution is 2.25. The first-order valence-corrected chi connectivity index (χ1v) is 9.43. The lowest BCUT2D eigenvalue weighted by molar-refractivity contribution is 0.0000349. The van der Waals surface area contributed by atoms with Gasteiger partial charge in [-0.25, -0.2) is 0 Å². The van der Waals surface area contributed by atoms with Crippen molar-refractivity contribution in [3.8, 4) is 0 Å². The maximum Gasteiger partial charge on any atom is 0.0544 e. The van der Waals surface area contributed by atoms with E-state index in [2.05, 4.69) is 20.8 Å². The maximum atomic E-state index is 9.47. The van der Waals surface area contributed by atoms with Crippen LogP contribution in [-0.2, 0) is 4.74 Å². The van der Waals surface area contributed by atoms with Crippen molar-refractivity contribution >= 4 is 0 Å². The van der Waals surface area contributed by atoms with Crippen LogP contribution in [-0.4, -0.2) is 24.9 Å². The first-order valence-electron chi connectivity index (χ1n) is 9.43. The van der Waals surface area contributed by atoms with Gasteiger partial charge in [-0.3, -0.25) is 0 Å². The minimum atomic E-state index is -0.00150. The summed E-state index contributed by atoms with van der Waals surface area (Å²) in [6.45, 7) is 8.38. The Hall–Kier alpha value is -0.0800. The molecule has 0 rings (SSSR count). The van der Waals surface area contributed by atoms with E-state index in [1.807, 2.05) is 0 Å². The minimum Gasteiger partial charge on any atom is -0.396 e. The third-order valence-corrected chi connectivity index (χ3v) is 4.89. The Morgan fingerprint density at radius 2 is 1.19 bits per heavy atom. The fourth-order valence-corrected chi connectivity index (χ4v) is 2.70. The number of hydrogen-bond donors (Lipinski definition) is 1. The molecule has 0 fully saturated rings. The summed E-state index contributed by atoms with van der Waals surface area (Å²) in [6.07, 6.45) is 15.6. The molecule has 0 aliphatic carbocycles. The molecule has 0 aliphatic rings. The second-order valence-corrected chi connectivity index (χ2v) is 6.60. The van der Waals surface area contributed by atoms with Gasteiger partial charge in [0.05, 0.1) is 13.2 Å². The lowest BCUT2D eigenvalue weighted by atomic mass is 9.84. The van der Waals surface area contributed by atoms with Crippen LogP contribution >= 0.6 is 0 Å². The molecule has 0 aromatic heterocycles. The van der Waals surface area contributed by atoms with Crippen LogP contribution in [0.2, 0.25) is 0 Å². The molecular formula is C19H40O2. The molecule has 0 radical (unpaired) electrons. The van der Waals surface area contributed by atoms with E-state index in [1.165, 1.54) is 64.2 Å². The van der Waals surface area contributed by atoms with Crippen molar-refractivity contribution in [1.29, 1.82) is 0 Å². The standard InChI is InChI=1S/C19H40O2/c1-4-7-8-9-10-11-12-13-14-15-16-21-18-19(5-2,6-3)17-20/h20H,4-18H2,1-3H3. The van der Waals surface area contributed by atoms with Crippen LogP contribution in [0.5, 0.6) is 0 Å². The van der Waals surface area contributed by atoms with Gasteiger partial charge in [0, 0.05) is 12.0 Å². The molecule has 128 valence electrons. The lowest BCUT2D eigenvalue weighted by Crippen LogP contribution is -2.29. The van der Waals surface area contributed by atoms with Gasteiger partial charge in [0.25, 0.3) is 0 Å². The maximum absolute atomic E-state index is 9.47. The SMILES string of the molecule is CCCCCCCCCCCCOCC(CC)(CC)CO. The molecular weight excluding hydrogens is 260 g/mol. The fraction of sp³-hybridized carbons (Fsp3) is 1.00. The molecule has 2 heteroatoms. The van der Waals surface area contributed by atoms with Gasteiger partial charge >= 0.3 is 0 Å². The van der Waals surface area contributed by atoms with Crippen molar-refractivity contribution in [1.82, 2.24) is 0 Å². The summed E-state index contributed by atoms with van der Waals surface area (Å²) >= 11 is 0. The van der Waals surface area contributed by atoms with Crippen molar-refractivity contribution < 1.29 is 9.84 Å². The quantitative estimate of drug-likeness (QED) is 0.369. The molecule has 0 aliphatic heterocycles. The first-order chi connectivity index (χ1) is 10.2. The molecule has 0 heterocycles. The summed E-state index contributed by atoms with van der Waals surface area (Å²) in [6, 6.07) is 0. The predicted octanol–water partition coefficient (Wildman–Crippen LogP) is 5.72. The second kappa shape index (κ2) is 14.8. The number of hydrogen-bond acceptors (Lipinski definition) is 2. The average molecular weight is 301 g/mol. The van der Waals surface area contributed by atoms with Gasteiger partial charge in [0.15, 0.2) is 0 Å². The molecule has 21 heavy (non-hydrogen) atoms. The third kappa shape index (κ3) is 11.2. The lowest BCUT2D eigenvalue weighted by Gasteiger charge is -2.28. The Morgan fingerprint density at radius 3 is 1.62 bits per heavy atom. The van der Waals surface area contributed by atoms with E-state index in [-0.39, 0.29) is 12.0 Å².